The lowest BCUT2D eigenvalue weighted by atomic mass is 10.1. The van der Waals surface area contributed by atoms with Crippen molar-refractivity contribution in [3.63, 3.8) is 0 Å². The molecule has 0 amide bonds. The van der Waals surface area contributed by atoms with Gasteiger partial charge in [-0.3, -0.25) is 4.99 Å². The molecule has 0 aromatic rings. The van der Waals surface area contributed by atoms with Crippen LogP contribution in [0.1, 0.15) is 27.7 Å². The summed E-state index contributed by atoms with van der Waals surface area (Å²) in [5.74, 6) is 1.63. The van der Waals surface area contributed by atoms with Crippen molar-refractivity contribution < 1.29 is 0 Å². The topological polar surface area (TPSA) is 15.6 Å². The molecule has 0 radical (unpaired) electrons. The summed E-state index contributed by atoms with van der Waals surface area (Å²) in [4.78, 5) is 6.24. The second-order valence-corrected chi connectivity index (χ2v) is 3.35. The SMILES string of the molecule is C=CN(C(C)=NC)C(C)C(C)C. The molecule has 0 bridgehead atoms. The van der Waals surface area contributed by atoms with Gasteiger partial charge in [0.15, 0.2) is 0 Å². The van der Waals surface area contributed by atoms with E-state index < -0.39 is 0 Å². The van der Waals surface area contributed by atoms with Crippen LogP contribution in [0.15, 0.2) is 17.8 Å². The maximum Gasteiger partial charge on any atom is 0.0996 e. The normalized spacial score (nSPS) is 14.7. The quantitative estimate of drug-likeness (QED) is 0.467. The molecule has 2 heteroatoms. The lowest BCUT2D eigenvalue weighted by molar-refractivity contribution is 0.334. The number of rotatable bonds is 3. The molecule has 0 N–H and O–H groups in total. The Labute approximate surface area is 76.0 Å². The zero-order valence-electron chi connectivity index (χ0n) is 8.83. The fraction of sp³-hybridized carbons (Fsp3) is 0.700. The summed E-state index contributed by atoms with van der Waals surface area (Å²) < 4.78 is 0. The van der Waals surface area contributed by atoms with Crippen LogP contribution in [-0.2, 0) is 0 Å². The Morgan fingerprint density at radius 3 is 2.17 bits per heavy atom. The van der Waals surface area contributed by atoms with Gasteiger partial charge in [0.25, 0.3) is 0 Å². The van der Waals surface area contributed by atoms with Crippen molar-refractivity contribution in [1.82, 2.24) is 4.90 Å². The lowest BCUT2D eigenvalue weighted by Gasteiger charge is -2.29. The van der Waals surface area contributed by atoms with E-state index in [4.69, 9.17) is 0 Å². The van der Waals surface area contributed by atoms with Crippen molar-refractivity contribution in [2.24, 2.45) is 10.9 Å². The van der Waals surface area contributed by atoms with E-state index in [-0.39, 0.29) is 0 Å². The smallest absolute Gasteiger partial charge is 0.0996 e. The molecule has 0 aliphatic heterocycles. The van der Waals surface area contributed by atoms with E-state index in [1.54, 1.807) is 7.05 Å². The third-order valence-corrected chi connectivity index (χ3v) is 2.30. The molecular weight excluding hydrogens is 148 g/mol. The minimum atomic E-state index is 0.464. The van der Waals surface area contributed by atoms with Crippen LogP contribution in [0.2, 0.25) is 0 Å². The van der Waals surface area contributed by atoms with Crippen molar-refractivity contribution in [1.29, 1.82) is 0 Å². The minimum Gasteiger partial charge on any atom is -0.335 e. The van der Waals surface area contributed by atoms with Gasteiger partial charge in [0.1, 0.15) is 0 Å². The fourth-order valence-electron chi connectivity index (χ4n) is 1.03. The average Bonchev–Trinajstić information content (AvgIpc) is 2.05. The monoisotopic (exact) mass is 168 g/mol. The summed E-state index contributed by atoms with van der Waals surface area (Å²) in [6, 6.07) is 0.464. The number of amidine groups is 1. The highest BCUT2D eigenvalue weighted by atomic mass is 15.2. The lowest BCUT2D eigenvalue weighted by Crippen LogP contribution is -2.35. The number of aliphatic imine (C=N–C) groups is 1. The van der Waals surface area contributed by atoms with Crippen molar-refractivity contribution in [3.8, 4) is 0 Å². The number of hydrogen-bond acceptors (Lipinski definition) is 1. The average molecular weight is 168 g/mol. The van der Waals surface area contributed by atoms with E-state index in [0.717, 1.165) is 5.84 Å². The second kappa shape index (κ2) is 4.96. The fourth-order valence-corrected chi connectivity index (χ4v) is 1.03. The van der Waals surface area contributed by atoms with E-state index in [9.17, 15) is 0 Å². The molecule has 0 saturated heterocycles. The summed E-state index contributed by atoms with van der Waals surface area (Å²) in [5, 5.41) is 0. The summed E-state index contributed by atoms with van der Waals surface area (Å²) in [6.07, 6.45) is 1.84. The van der Waals surface area contributed by atoms with Crippen LogP contribution in [-0.4, -0.2) is 23.8 Å². The molecule has 0 aliphatic rings. The Balaban J connectivity index is 4.45. The predicted octanol–water partition coefficient (Wildman–Crippen LogP) is 2.52. The third kappa shape index (κ3) is 2.68. The molecule has 0 aromatic heterocycles. The molecule has 0 heterocycles. The molecule has 0 aromatic carbocycles. The van der Waals surface area contributed by atoms with E-state index in [1.165, 1.54) is 0 Å². The summed E-state index contributed by atoms with van der Waals surface area (Å²) in [5.41, 5.74) is 0. The molecular formula is C10H20N2. The van der Waals surface area contributed by atoms with Crippen molar-refractivity contribution in [3.05, 3.63) is 12.8 Å². The van der Waals surface area contributed by atoms with Crippen molar-refractivity contribution in [2.45, 2.75) is 33.7 Å². The molecule has 12 heavy (non-hydrogen) atoms. The van der Waals surface area contributed by atoms with Crippen LogP contribution in [0.4, 0.5) is 0 Å². The molecule has 1 unspecified atom stereocenters. The van der Waals surface area contributed by atoms with Gasteiger partial charge in [0, 0.05) is 13.1 Å². The molecule has 2 nitrogen and oxygen atoms in total. The van der Waals surface area contributed by atoms with Crippen molar-refractivity contribution in [2.75, 3.05) is 7.05 Å². The molecule has 0 rings (SSSR count). The number of nitrogens with zero attached hydrogens (tertiary/aromatic N) is 2. The van der Waals surface area contributed by atoms with Crippen LogP contribution in [0.5, 0.6) is 0 Å². The first-order valence-electron chi connectivity index (χ1n) is 4.38. The molecule has 0 aliphatic carbocycles. The highest BCUT2D eigenvalue weighted by molar-refractivity contribution is 5.80. The van der Waals surface area contributed by atoms with Gasteiger partial charge < -0.3 is 4.90 Å². The second-order valence-electron chi connectivity index (χ2n) is 3.35. The maximum atomic E-state index is 4.13. The van der Waals surface area contributed by atoms with Crippen LogP contribution in [0, 0.1) is 5.92 Å². The molecule has 70 valence electrons. The first-order chi connectivity index (χ1) is 5.54. The minimum absolute atomic E-state index is 0.464. The third-order valence-electron chi connectivity index (χ3n) is 2.30. The zero-order valence-corrected chi connectivity index (χ0v) is 8.83. The summed E-state index contributed by atoms with van der Waals surface area (Å²) in [7, 11) is 1.80. The van der Waals surface area contributed by atoms with Crippen LogP contribution < -0.4 is 0 Å². The standard InChI is InChI=1S/C10H20N2/c1-7-12(10(5)11-6)9(4)8(2)3/h7-9H,1H2,2-6H3. The summed E-state index contributed by atoms with van der Waals surface area (Å²) >= 11 is 0. The molecule has 0 fully saturated rings. The van der Waals surface area contributed by atoms with Gasteiger partial charge in [-0.2, -0.15) is 0 Å². The Morgan fingerprint density at radius 2 is 1.92 bits per heavy atom. The van der Waals surface area contributed by atoms with Crippen molar-refractivity contribution >= 4 is 5.84 Å². The van der Waals surface area contributed by atoms with Crippen LogP contribution in [0.25, 0.3) is 0 Å². The van der Waals surface area contributed by atoms with Gasteiger partial charge in [-0.15, -0.1) is 0 Å². The predicted molar refractivity (Wildman–Crippen MR) is 55.4 cm³/mol. The Hall–Kier alpha value is -0.790. The van der Waals surface area contributed by atoms with E-state index >= 15 is 0 Å². The molecule has 0 saturated carbocycles. The van der Waals surface area contributed by atoms with Gasteiger partial charge in [-0.25, -0.2) is 0 Å². The van der Waals surface area contributed by atoms with Crippen LogP contribution in [0.3, 0.4) is 0 Å². The van der Waals surface area contributed by atoms with E-state index in [2.05, 4.69) is 37.2 Å². The Morgan fingerprint density at radius 1 is 1.42 bits per heavy atom. The van der Waals surface area contributed by atoms with Gasteiger partial charge in [-0.05, 0) is 26.0 Å². The number of hydrogen-bond donors (Lipinski definition) is 0. The van der Waals surface area contributed by atoms with Gasteiger partial charge in [0.2, 0.25) is 0 Å². The largest absolute Gasteiger partial charge is 0.335 e. The molecule has 1 atom stereocenters. The van der Waals surface area contributed by atoms with Gasteiger partial charge in [-0.1, -0.05) is 20.4 Å². The van der Waals surface area contributed by atoms with E-state index in [0.29, 0.717) is 12.0 Å². The highest BCUT2D eigenvalue weighted by Crippen LogP contribution is 2.10. The Kier molecular flexibility index (Phi) is 4.64. The zero-order chi connectivity index (χ0) is 9.72. The molecule has 0 spiro atoms. The van der Waals surface area contributed by atoms with Gasteiger partial charge in [0.05, 0.1) is 5.84 Å². The first kappa shape index (κ1) is 11.2. The highest BCUT2D eigenvalue weighted by Gasteiger charge is 2.14. The Bertz CT molecular complexity index is 171. The maximum absolute atomic E-state index is 4.13. The first-order valence-corrected chi connectivity index (χ1v) is 4.38. The van der Waals surface area contributed by atoms with Gasteiger partial charge >= 0.3 is 0 Å². The van der Waals surface area contributed by atoms with E-state index in [1.807, 2.05) is 13.1 Å². The van der Waals surface area contributed by atoms with Crippen LogP contribution >= 0.6 is 0 Å². The summed E-state index contributed by atoms with van der Waals surface area (Å²) in [6.45, 7) is 12.4.